The Kier molecular flexibility index (Phi) is 7.83. The third-order valence-corrected chi connectivity index (χ3v) is 6.15. The van der Waals surface area contributed by atoms with Crippen LogP contribution in [-0.4, -0.2) is 36.9 Å². The van der Waals surface area contributed by atoms with E-state index in [1.165, 1.54) is 0 Å². The second-order valence-corrected chi connectivity index (χ2v) is 8.73. The molecule has 36 heavy (non-hydrogen) atoms. The van der Waals surface area contributed by atoms with Crippen LogP contribution in [0, 0.1) is 0 Å². The number of rotatable bonds is 9. The molecule has 0 bridgehead atoms. The molecule has 3 aromatic carbocycles. The molecule has 2 N–H and O–H groups in total. The van der Waals surface area contributed by atoms with E-state index in [4.69, 9.17) is 19.9 Å². The fourth-order valence-corrected chi connectivity index (χ4v) is 4.34. The number of nitrogens with zero attached hydrogens (tertiary/aromatic N) is 1. The van der Waals surface area contributed by atoms with E-state index in [0.29, 0.717) is 35.9 Å². The molecule has 0 aromatic heterocycles. The Morgan fingerprint density at radius 2 is 1.89 bits per heavy atom. The quantitative estimate of drug-likeness (QED) is 0.270. The second-order valence-electron chi connectivity index (χ2n) is 8.73. The summed E-state index contributed by atoms with van der Waals surface area (Å²) in [5, 5.41) is 0. The lowest BCUT2D eigenvalue weighted by molar-refractivity contribution is -0.142. The van der Waals surface area contributed by atoms with Crippen LogP contribution in [0.3, 0.4) is 0 Å². The third-order valence-electron chi connectivity index (χ3n) is 6.15. The number of hydrogen-bond acceptors (Lipinski definition) is 6. The Morgan fingerprint density at radius 3 is 2.61 bits per heavy atom. The predicted molar refractivity (Wildman–Crippen MR) is 140 cm³/mol. The minimum absolute atomic E-state index is 0.101. The van der Waals surface area contributed by atoms with Gasteiger partial charge in [-0.25, -0.2) is 4.79 Å². The standard InChI is InChI=1S/C28H30BN2O5/c1-4-34-26(32)14-19-12-23(30)16-24(13-19)35-25-11-10-22(29-3)15-21(25)17-31-18(2)27(36-28(31)33)20-8-6-5-7-9-20/h5-13,15-16,18,27H,4,14,17,30H2,1-3H3/t18-,27-/m0/s1. The van der Waals surface area contributed by atoms with Gasteiger partial charge in [0.2, 0.25) is 0 Å². The molecule has 2 atom stereocenters. The maximum atomic E-state index is 12.8. The molecule has 7 nitrogen and oxygen atoms in total. The maximum absolute atomic E-state index is 12.8. The van der Waals surface area contributed by atoms with Crippen LogP contribution in [0.25, 0.3) is 0 Å². The zero-order valence-corrected chi connectivity index (χ0v) is 20.8. The summed E-state index contributed by atoms with van der Waals surface area (Å²) in [6.45, 7) is 6.34. The van der Waals surface area contributed by atoms with Crippen molar-refractivity contribution in [1.29, 1.82) is 0 Å². The molecule has 1 aliphatic heterocycles. The molecule has 0 spiro atoms. The summed E-state index contributed by atoms with van der Waals surface area (Å²) in [5.74, 6) is 0.770. The van der Waals surface area contributed by atoms with Crippen LogP contribution < -0.4 is 15.9 Å². The first-order chi connectivity index (χ1) is 17.4. The molecule has 1 fully saturated rings. The van der Waals surface area contributed by atoms with Gasteiger partial charge in [-0.2, -0.15) is 0 Å². The van der Waals surface area contributed by atoms with E-state index in [9.17, 15) is 9.59 Å². The number of ether oxygens (including phenoxy) is 3. The lowest BCUT2D eigenvalue weighted by Gasteiger charge is -2.23. The predicted octanol–water partition coefficient (Wildman–Crippen LogP) is 4.63. The van der Waals surface area contributed by atoms with Gasteiger partial charge in [0.05, 0.1) is 25.6 Å². The van der Waals surface area contributed by atoms with E-state index in [-0.39, 0.29) is 30.6 Å². The molecule has 0 unspecified atom stereocenters. The first kappa shape index (κ1) is 25.2. The number of benzene rings is 3. The van der Waals surface area contributed by atoms with Crippen molar-refractivity contribution in [3.05, 3.63) is 83.4 Å². The van der Waals surface area contributed by atoms with Crippen LogP contribution in [0.15, 0.2) is 66.7 Å². The number of nitrogen functional groups attached to an aromatic ring is 1. The Bertz CT molecular complexity index is 1230. The van der Waals surface area contributed by atoms with Crippen molar-refractivity contribution >= 4 is 30.5 Å². The molecule has 1 heterocycles. The number of carbonyl (C=O) groups is 2. The van der Waals surface area contributed by atoms with Crippen molar-refractivity contribution < 1.29 is 23.8 Å². The van der Waals surface area contributed by atoms with E-state index in [1.54, 1.807) is 30.0 Å². The van der Waals surface area contributed by atoms with E-state index in [0.717, 1.165) is 16.6 Å². The average molecular weight is 485 g/mol. The van der Waals surface area contributed by atoms with Gasteiger partial charge in [-0.1, -0.05) is 54.8 Å². The minimum Gasteiger partial charge on any atom is -0.466 e. The van der Waals surface area contributed by atoms with Crippen LogP contribution >= 0.6 is 0 Å². The van der Waals surface area contributed by atoms with E-state index >= 15 is 0 Å². The van der Waals surface area contributed by atoms with E-state index < -0.39 is 0 Å². The molecule has 1 radical (unpaired) electrons. The second kappa shape index (κ2) is 11.2. The maximum Gasteiger partial charge on any atom is 0.411 e. The molecule has 4 rings (SSSR count). The largest absolute Gasteiger partial charge is 0.466 e. The van der Waals surface area contributed by atoms with Gasteiger partial charge in [-0.3, -0.25) is 9.69 Å². The monoisotopic (exact) mass is 485 g/mol. The Balaban J connectivity index is 1.58. The fraction of sp³-hybridized carbons (Fsp3) is 0.286. The average Bonchev–Trinajstić information content (AvgIpc) is 3.13. The fourth-order valence-electron chi connectivity index (χ4n) is 4.34. The molecule has 1 amide bonds. The van der Waals surface area contributed by atoms with Gasteiger partial charge in [0.25, 0.3) is 0 Å². The third kappa shape index (κ3) is 5.82. The van der Waals surface area contributed by atoms with Crippen molar-refractivity contribution in [2.45, 2.75) is 45.8 Å². The molecule has 0 aliphatic carbocycles. The van der Waals surface area contributed by atoms with E-state index in [2.05, 4.69) is 0 Å². The first-order valence-electron chi connectivity index (χ1n) is 12.0. The van der Waals surface area contributed by atoms with Gasteiger partial charge in [0, 0.05) is 17.3 Å². The van der Waals surface area contributed by atoms with Crippen LogP contribution in [-0.2, 0) is 27.2 Å². The molecule has 1 saturated heterocycles. The Labute approximate surface area is 212 Å². The van der Waals surface area contributed by atoms with Crippen LogP contribution in [0.4, 0.5) is 10.5 Å². The molecule has 0 saturated carbocycles. The summed E-state index contributed by atoms with van der Waals surface area (Å²) in [6, 6.07) is 20.6. The number of anilines is 1. The topological polar surface area (TPSA) is 91.1 Å². The Hall–Kier alpha value is -3.94. The van der Waals surface area contributed by atoms with Crippen molar-refractivity contribution in [3.63, 3.8) is 0 Å². The van der Waals surface area contributed by atoms with Crippen molar-refractivity contribution in [1.82, 2.24) is 4.90 Å². The van der Waals surface area contributed by atoms with E-state index in [1.807, 2.05) is 69.6 Å². The summed E-state index contributed by atoms with van der Waals surface area (Å²) in [6.07, 6.45) is -0.610. The zero-order chi connectivity index (χ0) is 25.7. The molecular weight excluding hydrogens is 455 g/mol. The summed E-state index contributed by atoms with van der Waals surface area (Å²) in [4.78, 5) is 26.5. The highest BCUT2D eigenvalue weighted by atomic mass is 16.6. The highest BCUT2D eigenvalue weighted by Gasteiger charge is 2.39. The van der Waals surface area contributed by atoms with Crippen molar-refractivity contribution in [3.8, 4) is 11.5 Å². The van der Waals surface area contributed by atoms with Crippen LogP contribution in [0.1, 0.15) is 36.6 Å². The van der Waals surface area contributed by atoms with Crippen LogP contribution in [0.2, 0.25) is 6.82 Å². The summed E-state index contributed by atoms with van der Waals surface area (Å²) < 4.78 is 17.0. The number of nitrogens with two attached hydrogens (primary N) is 1. The van der Waals surface area contributed by atoms with Gasteiger partial charge in [0.15, 0.2) is 0 Å². The number of carbonyl (C=O) groups excluding carboxylic acids is 2. The highest BCUT2D eigenvalue weighted by Crippen LogP contribution is 2.35. The number of cyclic esters (lactones) is 1. The molecule has 185 valence electrons. The summed E-state index contributed by atoms with van der Waals surface area (Å²) in [7, 11) is 1.99. The first-order valence-corrected chi connectivity index (χ1v) is 12.0. The number of esters is 1. The van der Waals surface area contributed by atoms with Crippen molar-refractivity contribution in [2.75, 3.05) is 12.3 Å². The Morgan fingerprint density at radius 1 is 1.11 bits per heavy atom. The molecule has 8 heteroatoms. The minimum atomic E-state index is -0.367. The smallest absolute Gasteiger partial charge is 0.411 e. The SMILES string of the molecule is C[B]c1ccc(Oc2cc(N)cc(CC(=O)OCC)c2)c(CN2C(=O)O[C@H](c3ccccc3)[C@@H]2C)c1. The van der Waals surface area contributed by atoms with Gasteiger partial charge >= 0.3 is 12.1 Å². The van der Waals surface area contributed by atoms with Gasteiger partial charge < -0.3 is 19.9 Å². The zero-order valence-electron chi connectivity index (χ0n) is 20.8. The lowest BCUT2D eigenvalue weighted by Crippen LogP contribution is -2.32. The summed E-state index contributed by atoms with van der Waals surface area (Å²) >= 11 is 0. The van der Waals surface area contributed by atoms with Gasteiger partial charge in [0.1, 0.15) is 24.9 Å². The summed E-state index contributed by atoms with van der Waals surface area (Å²) in [5.41, 5.74) is 10.1. The number of amides is 1. The highest BCUT2D eigenvalue weighted by molar-refractivity contribution is 6.51. The lowest BCUT2D eigenvalue weighted by atomic mass is 9.73. The van der Waals surface area contributed by atoms with Gasteiger partial charge in [-0.15, -0.1) is 0 Å². The van der Waals surface area contributed by atoms with Crippen LogP contribution in [0.5, 0.6) is 11.5 Å². The normalized spacial score (nSPS) is 17.0. The molecule has 1 aliphatic rings. The number of hydrogen-bond donors (Lipinski definition) is 1. The molecule has 3 aromatic rings. The molecular formula is C28H30BN2O5. The van der Waals surface area contributed by atoms with Crippen molar-refractivity contribution in [2.24, 2.45) is 0 Å². The van der Waals surface area contributed by atoms with Gasteiger partial charge in [-0.05, 0) is 43.2 Å².